The highest BCUT2D eigenvalue weighted by Crippen LogP contribution is 2.33. The smallest absolute Gasteiger partial charge is 0.305 e. The molecule has 9 nitrogen and oxygen atoms in total. The number of carbonyl (C=O) groups excluding carboxylic acids is 2. The molecule has 4 rings (SSSR count). The van der Waals surface area contributed by atoms with Gasteiger partial charge in [-0.1, -0.05) is 31.5 Å². The number of imidazole rings is 1. The van der Waals surface area contributed by atoms with Gasteiger partial charge in [-0.25, -0.2) is 13.8 Å². The lowest BCUT2D eigenvalue weighted by Crippen LogP contribution is -2.48. The van der Waals surface area contributed by atoms with E-state index < -0.39 is 47.9 Å². The van der Waals surface area contributed by atoms with Crippen molar-refractivity contribution in [2.75, 3.05) is 0 Å². The molecule has 4 aromatic rings. The second kappa shape index (κ2) is 12.5. The number of rotatable bonds is 10. The number of nitrogens with zero attached hydrogens (tertiary/aromatic N) is 3. The first-order valence-corrected chi connectivity index (χ1v) is 13.5. The van der Waals surface area contributed by atoms with Gasteiger partial charge in [0.05, 0.1) is 18.7 Å². The topological polar surface area (TPSA) is 126 Å². The van der Waals surface area contributed by atoms with E-state index in [2.05, 4.69) is 20.6 Å². The lowest BCUT2D eigenvalue weighted by molar-refractivity contribution is -0.137. The Morgan fingerprint density at radius 2 is 1.71 bits per heavy atom. The zero-order chi connectivity index (χ0) is 30.7. The molecule has 0 aliphatic rings. The lowest BCUT2D eigenvalue weighted by Gasteiger charge is -2.25. The summed E-state index contributed by atoms with van der Waals surface area (Å²) < 4.78 is 31.8. The van der Waals surface area contributed by atoms with E-state index in [0.717, 1.165) is 22.8 Å². The minimum absolute atomic E-state index is 0.0470. The predicted molar refractivity (Wildman–Crippen MR) is 153 cm³/mol. The maximum Gasteiger partial charge on any atom is 0.305 e. The molecule has 2 heterocycles. The third-order valence-electron chi connectivity index (χ3n) is 6.92. The molecule has 2 aromatic heterocycles. The van der Waals surface area contributed by atoms with Crippen LogP contribution in [0.2, 0.25) is 0 Å². The monoisotopic (exact) mass is 577 g/mol. The van der Waals surface area contributed by atoms with E-state index in [0.29, 0.717) is 16.8 Å². The summed E-state index contributed by atoms with van der Waals surface area (Å²) in [6.07, 6.45) is 5.61. The number of hydrogen-bond donors (Lipinski definition) is 3. The number of halogens is 2. The number of aromatic nitrogens is 3. The number of nitrogens with one attached hydrogen (secondary N) is 2. The molecule has 220 valence electrons. The first-order valence-electron chi connectivity index (χ1n) is 13.5. The van der Waals surface area contributed by atoms with Crippen LogP contribution in [0, 0.1) is 38.3 Å². The van der Waals surface area contributed by atoms with Crippen LogP contribution < -0.4 is 10.6 Å². The Bertz CT molecular complexity index is 1610. The maximum atomic E-state index is 15.3. The first-order chi connectivity index (χ1) is 19.8. The summed E-state index contributed by atoms with van der Waals surface area (Å²) in [7, 11) is 0. The minimum Gasteiger partial charge on any atom is -0.481 e. The second-order valence-electron chi connectivity index (χ2n) is 10.9. The quantitative estimate of drug-likeness (QED) is 0.242. The summed E-state index contributed by atoms with van der Waals surface area (Å²) in [4.78, 5) is 46.5. The molecule has 2 aromatic carbocycles. The van der Waals surface area contributed by atoms with Crippen LogP contribution in [0.1, 0.15) is 65.5 Å². The van der Waals surface area contributed by atoms with Gasteiger partial charge in [0.2, 0.25) is 5.91 Å². The predicted octanol–water partition coefficient (Wildman–Crippen LogP) is 5.08. The van der Waals surface area contributed by atoms with Crippen LogP contribution >= 0.6 is 0 Å². The molecule has 0 aliphatic carbocycles. The van der Waals surface area contributed by atoms with Gasteiger partial charge in [0, 0.05) is 24.2 Å². The van der Waals surface area contributed by atoms with Crippen molar-refractivity contribution < 1.29 is 28.3 Å². The van der Waals surface area contributed by atoms with Crippen LogP contribution in [-0.2, 0) is 9.59 Å². The van der Waals surface area contributed by atoms with Crippen LogP contribution in [0.4, 0.5) is 8.78 Å². The SMILES string of the molecule is Cc1cc(C)c(-c2cc(F)c(F)c([C@H](CC(=O)O)NC(=O)[C@H](CC(C)C)NC(=O)c3cn4ccncc4n3)c2)c(C)c1. The molecule has 0 unspecified atom stereocenters. The summed E-state index contributed by atoms with van der Waals surface area (Å²) in [5, 5.41) is 14.8. The van der Waals surface area contributed by atoms with Crippen LogP contribution in [-0.4, -0.2) is 43.3 Å². The molecule has 0 saturated heterocycles. The van der Waals surface area contributed by atoms with Crippen molar-refractivity contribution in [2.45, 2.75) is 59.5 Å². The van der Waals surface area contributed by atoms with Gasteiger partial charge in [0.1, 0.15) is 11.7 Å². The molecule has 0 saturated carbocycles. The van der Waals surface area contributed by atoms with Crippen molar-refractivity contribution in [3.8, 4) is 11.1 Å². The lowest BCUT2D eigenvalue weighted by atomic mass is 9.90. The Hall–Kier alpha value is -4.67. The van der Waals surface area contributed by atoms with Crippen LogP contribution in [0.3, 0.4) is 0 Å². The van der Waals surface area contributed by atoms with Crippen LogP contribution in [0.15, 0.2) is 49.1 Å². The molecule has 42 heavy (non-hydrogen) atoms. The normalized spacial score (nSPS) is 12.8. The summed E-state index contributed by atoms with van der Waals surface area (Å²) in [5.74, 6) is -5.15. The van der Waals surface area contributed by atoms with E-state index in [1.807, 2.05) is 46.8 Å². The van der Waals surface area contributed by atoms with Gasteiger partial charge in [0.25, 0.3) is 5.91 Å². The van der Waals surface area contributed by atoms with Crippen molar-refractivity contribution in [3.05, 3.63) is 88.6 Å². The standard InChI is InChI=1S/C31H33F2N5O4/c1-16(2)8-24(37-31(42)25-15-38-7-6-34-14-26(38)35-25)30(41)36-23(13-27(39)40)21-11-20(12-22(32)29(21)33)28-18(4)9-17(3)10-19(28)5/h6-7,9-12,14-16,23-24H,8,13H2,1-5H3,(H,36,41)(H,37,42)(H,39,40)/t23-,24-/m0/s1. The molecule has 0 fully saturated rings. The van der Waals surface area contributed by atoms with E-state index in [-0.39, 0.29) is 23.6 Å². The highest BCUT2D eigenvalue weighted by Gasteiger charge is 2.30. The summed E-state index contributed by atoms with van der Waals surface area (Å²) >= 11 is 0. The number of carboxylic acids is 1. The molecular weight excluding hydrogens is 544 g/mol. The van der Waals surface area contributed by atoms with Crippen LogP contribution in [0.5, 0.6) is 0 Å². The average molecular weight is 578 g/mol. The van der Waals surface area contributed by atoms with Gasteiger partial charge in [-0.3, -0.25) is 19.4 Å². The third-order valence-corrected chi connectivity index (χ3v) is 6.92. The zero-order valence-corrected chi connectivity index (χ0v) is 24.0. The van der Waals surface area contributed by atoms with E-state index in [4.69, 9.17) is 0 Å². The van der Waals surface area contributed by atoms with Gasteiger partial charge < -0.3 is 20.1 Å². The number of aliphatic carboxylic acids is 1. The van der Waals surface area contributed by atoms with Gasteiger partial charge in [-0.05, 0) is 67.5 Å². The Balaban J connectivity index is 1.67. The van der Waals surface area contributed by atoms with E-state index >= 15 is 4.39 Å². The number of aryl methyl sites for hydroxylation is 3. The van der Waals surface area contributed by atoms with Gasteiger partial charge >= 0.3 is 5.97 Å². The minimum atomic E-state index is -1.41. The molecule has 0 radical (unpaired) electrons. The Morgan fingerprint density at radius 1 is 1.02 bits per heavy atom. The largest absolute Gasteiger partial charge is 0.481 e. The molecule has 0 aliphatic heterocycles. The number of amides is 2. The Morgan fingerprint density at radius 3 is 2.33 bits per heavy atom. The maximum absolute atomic E-state index is 15.3. The first kappa shape index (κ1) is 30.3. The summed E-state index contributed by atoms with van der Waals surface area (Å²) in [5.41, 5.74) is 3.91. The molecular formula is C31H33F2N5O4. The van der Waals surface area contributed by atoms with Gasteiger partial charge in [-0.15, -0.1) is 0 Å². The van der Waals surface area contributed by atoms with E-state index in [9.17, 15) is 23.9 Å². The third kappa shape index (κ3) is 6.79. The second-order valence-corrected chi connectivity index (χ2v) is 10.9. The highest BCUT2D eigenvalue weighted by molar-refractivity contribution is 5.96. The van der Waals surface area contributed by atoms with Crippen molar-refractivity contribution in [1.29, 1.82) is 0 Å². The number of benzene rings is 2. The number of carbonyl (C=O) groups is 3. The molecule has 2 atom stereocenters. The molecule has 0 bridgehead atoms. The number of carboxylic acid groups (broad SMARTS) is 1. The zero-order valence-electron chi connectivity index (χ0n) is 24.0. The van der Waals surface area contributed by atoms with Crippen LogP contribution in [0.25, 0.3) is 16.8 Å². The van der Waals surface area contributed by atoms with Crippen molar-refractivity contribution >= 4 is 23.4 Å². The summed E-state index contributed by atoms with van der Waals surface area (Å²) in [6, 6.07) is 3.75. The fourth-order valence-electron chi connectivity index (χ4n) is 5.22. The van der Waals surface area contributed by atoms with Gasteiger partial charge in [-0.2, -0.15) is 0 Å². The van der Waals surface area contributed by atoms with Crippen molar-refractivity contribution in [1.82, 2.24) is 25.0 Å². The molecule has 2 amide bonds. The fraction of sp³-hybridized carbons (Fsp3) is 0.323. The van der Waals surface area contributed by atoms with E-state index in [1.54, 1.807) is 10.6 Å². The average Bonchev–Trinajstić information content (AvgIpc) is 3.33. The molecule has 0 spiro atoms. The molecule has 3 N–H and O–H groups in total. The van der Waals surface area contributed by atoms with Crippen molar-refractivity contribution in [2.24, 2.45) is 5.92 Å². The van der Waals surface area contributed by atoms with Gasteiger partial charge in [0.15, 0.2) is 17.3 Å². The Labute approximate surface area is 242 Å². The summed E-state index contributed by atoms with van der Waals surface area (Å²) in [6.45, 7) is 9.33. The number of hydrogen-bond acceptors (Lipinski definition) is 5. The number of fused-ring (bicyclic) bond motifs is 1. The Kier molecular flexibility index (Phi) is 8.99. The molecule has 11 heteroatoms. The highest BCUT2D eigenvalue weighted by atomic mass is 19.2. The van der Waals surface area contributed by atoms with Crippen molar-refractivity contribution in [3.63, 3.8) is 0 Å². The van der Waals surface area contributed by atoms with E-state index in [1.165, 1.54) is 24.7 Å². The fourth-order valence-corrected chi connectivity index (χ4v) is 5.22.